The summed E-state index contributed by atoms with van der Waals surface area (Å²) in [5.74, 6) is 0. The van der Waals surface area contributed by atoms with Crippen LogP contribution in [0.15, 0.2) is 29.2 Å². The van der Waals surface area contributed by atoms with Gasteiger partial charge in [-0.3, -0.25) is 4.40 Å². The van der Waals surface area contributed by atoms with Crippen molar-refractivity contribution in [1.29, 1.82) is 0 Å². The highest BCUT2D eigenvalue weighted by atomic mass is 16.2. The zero-order chi connectivity index (χ0) is 12.0. The number of aromatic nitrogens is 3. The van der Waals surface area contributed by atoms with Crippen LogP contribution >= 0.6 is 0 Å². The average Bonchev–Trinajstić information content (AvgIpc) is 2.67. The van der Waals surface area contributed by atoms with Crippen molar-refractivity contribution in [2.45, 2.75) is 40.2 Å². The number of hydrogen-bond donors (Lipinski definition) is 0. The summed E-state index contributed by atoms with van der Waals surface area (Å²) >= 11 is 0. The highest BCUT2D eigenvalue weighted by molar-refractivity contribution is 5.35. The standard InChI is InChI=1S/C10H13N3O.C2H6/c1-2-3-8-13-10(14)12-7-5-4-6-9(12)11-13;1-2/h4-7H,2-3,8H2,1H3;1-2H3. The van der Waals surface area contributed by atoms with Gasteiger partial charge in [-0.25, -0.2) is 9.48 Å². The molecule has 2 heterocycles. The first-order chi connectivity index (χ1) is 7.83. The summed E-state index contributed by atoms with van der Waals surface area (Å²) < 4.78 is 3.09. The molecule has 0 aliphatic heterocycles. The third kappa shape index (κ3) is 2.51. The molecule has 0 radical (unpaired) electrons. The highest BCUT2D eigenvalue weighted by Gasteiger charge is 2.03. The van der Waals surface area contributed by atoms with E-state index in [4.69, 9.17) is 0 Å². The predicted molar refractivity (Wildman–Crippen MR) is 65.7 cm³/mol. The first-order valence-electron chi connectivity index (χ1n) is 5.87. The Morgan fingerprint density at radius 3 is 2.69 bits per heavy atom. The summed E-state index contributed by atoms with van der Waals surface area (Å²) in [5, 5.41) is 4.22. The average molecular weight is 221 g/mol. The van der Waals surface area contributed by atoms with Crippen LogP contribution in [0.4, 0.5) is 0 Å². The van der Waals surface area contributed by atoms with Crippen molar-refractivity contribution in [2.75, 3.05) is 0 Å². The summed E-state index contributed by atoms with van der Waals surface area (Å²) in [6.07, 6.45) is 3.80. The quantitative estimate of drug-likeness (QED) is 0.798. The van der Waals surface area contributed by atoms with Gasteiger partial charge in [0.1, 0.15) is 0 Å². The normalized spacial score (nSPS) is 9.94. The maximum absolute atomic E-state index is 11.7. The molecule has 0 spiro atoms. The van der Waals surface area contributed by atoms with Crippen molar-refractivity contribution < 1.29 is 0 Å². The fourth-order valence-electron chi connectivity index (χ4n) is 1.42. The Kier molecular flexibility index (Phi) is 4.76. The third-order valence-corrected chi connectivity index (χ3v) is 2.21. The third-order valence-electron chi connectivity index (χ3n) is 2.21. The number of aryl methyl sites for hydroxylation is 1. The van der Waals surface area contributed by atoms with Crippen molar-refractivity contribution in [3.05, 3.63) is 34.9 Å². The molecule has 2 aromatic rings. The van der Waals surface area contributed by atoms with E-state index in [-0.39, 0.29) is 5.69 Å². The van der Waals surface area contributed by atoms with Crippen LogP contribution in [0.3, 0.4) is 0 Å². The Bertz CT molecular complexity index is 484. The molecule has 0 aliphatic rings. The molecular formula is C12H19N3O. The molecule has 0 atom stereocenters. The van der Waals surface area contributed by atoms with Gasteiger partial charge in [-0.05, 0) is 18.6 Å². The van der Waals surface area contributed by atoms with E-state index >= 15 is 0 Å². The van der Waals surface area contributed by atoms with Gasteiger partial charge in [0, 0.05) is 12.7 Å². The van der Waals surface area contributed by atoms with Crippen LogP contribution < -0.4 is 5.69 Å². The maximum atomic E-state index is 11.7. The molecule has 4 nitrogen and oxygen atoms in total. The van der Waals surface area contributed by atoms with E-state index in [0.717, 1.165) is 12.8 Å². The van der Waals surface area contributed by atoms with Gasteiger partial charge in [0.25, 0.3) is 0 Å². The lowest BCUT2D eigenvalue weighted by molar-refractivity contribution is 0.554. The van der Waals surface area contributed by atoms with E-state index in [1.54, 1.807) is 10.6 Å². The van der Waals surface area contributed by atoms with Gasteiger partial charge < -0.3 is 0 Å². The number of nitrogens with zero attached hydrogens (tertiary/aromatic N) is 3. The Labute approximate surface area is 95.5 Å². The second kappa shape index (κ2) is 6.10. The zero-order valence-electron chi connectivity index (χ0n) is 10.2. The van der Waals surface area contributed by atoms with E-state index in [9.17, 15) is 4.79 Å². The highest BCUT2D eigenvalue weighted by Crippen LogP contribution is 1.96. The largest absolute Gasteiger partial charge is 0.350 e. The monoisotopic (exact) mass is 221 g/mol. The van der Waals surface area contributed by atoms with Crippen molar-refractivity contribution in [3.8, 4) is 0 Å². The molecule has 4 heteroatoms. The maximum Gasteiger partial charge on any atom is 0.350 e. The second-order valence-electron chi connectivity index (χ2n) is 3.29. The molecule has 0 aromatic carbocycles. The minimum absolute atomic E-state index is 0.0472. The number of unbranched alkanes of at least 4 members (excludes halogenated alkanes) is 1. The van der Waals surface area contributed by atoms with Crippen molar-refractivity contribution >= 4 is 5.65 Å². The number of hydrogen-bond acceptors (Lipinski definition) is 2. The van der Waals surface area contributed by atoms with Crippen molar-refractivity contribution in [1.82, 2.24) is 14.2 Å². The summed E-state index contributed by atoms with van der Waals surface area (Å²) in [6, 6.07) is 5.55. The van der Waals surface area contributed by atoms with Gasteiger partial charge in [-0.2, -0.15) is 0 Å². The fourth-order valence-corrected chi connectivity index (χ4v) is 1.42. The van der Waals surface area contributed by atoms with E-state index in [0.29, 0.717) is 12.2 Å². The second-order valence-corrected chi connectivity index (χ2v) is 3.29. The predicted octanol–water partition coefficient (Wildman–Crippen LogP) is 2.32. The molecule has 0 saturated heterocycles. The molecule has 0 unspecified atom stereocenters. The van der Waals surface area contributed by atoms with E-state index in [1.807, 2.05) is 32.0 Å². The Morgan fingerprint density at radius 2 is 2.06 bits per heavy atom. The number of rotatable bonds is 3. The zero-order valence-corrected chi connectivity index (χ0v) is 10.2. The van der Waals surface area contributed by atoms with Crippen LogP contribution in [0.2, 0.25) is 0 Å². The van der Waals surface area contributed by atoms with Gasteiger partial charge in [-0.1, -0.05) is 33.3 Å². The first-order valence-corrected chi connectivity index (χ1v) is 5.87. The topological polar surface area (TPSA) is 39.3 Å². The molecule has 0 aliphatic carbocycles. The lowest BCUT2D eigenvalue weighted by Crippen LogP contribution is -2.20. The summed E-state index contributed by atoms with van der Waals surface area (Å²) in [5.41, 5.74) is 0.669. The first kappa shape index (κ1) is 12.5. The lowest BCUT2D eigenvalue weighted by atomic mass is 10.3. The van der Waals surface area contributed by atoms with Crippen LogP contribution in [0.25, 0.3) is 5.65 Å². The fraction of sp³-hybridized carbons (Fsp3) is 0.500. The molecule has 88 valence electrons. The Hall–Kier alpha value is -1.58. The van der Waals surface area contributed by atoms with Crippen LogP contribution in [0, 0.1) is 0 Å². The van der Waals surface area contributed by atoms with Crippen LogP contribution in [0.5, 0.6) is 0 Å². The van der Waals surface area contributed by atoms with E-state index in [2.05, 4.69) is 12.0 Å². The van der Waals surface area contributed by atoms with Gasteiger partial charge in [0.15, 0.2) is 5.65 Å². The lowest BCUT2D eigenvalue weighted by Gasteiger charge is -1.94. The summed E-state index contributed by atoms with van der Waals surface area (Å²) in [7, 11) is 0. The molecule has 0 N–H and O–H groups in total. The minimum atomic E-state index is -0.0472. The van der Waals surface area contributed by atoms with E-state index < -0.39 is 0 Å². The van der Waals surface area contributed by atoms with Crippen LogP contribution in [0.1, 0.15) is 33.6 Å². The van der Waals surface area contributed by atoms with Crippen LogP contribution in [-0.2, 0) is 6.54 Å². The molecule has 2 rings (SSSR count). The molecule has 16 heavy (non-hydrogen) atoms. The van der Waals surface area contributed by atoms with Crippen LogP contribution in [-0.4, -0.2) is 14.2 Å². The van der Waals surface area contributed by atoms with Gasteiger partial charge in [0.2, 0.25) is 0 Å². The van der Waals surface area contributed by atoms with Crippen molar-refractivity contribution in [2.24, 2.45) is 0 Å². The minimum Gasteiger partial charge on any atom is -0.250 e. The van der Waals surface area contributed by atoms with Gasteiger partial charge in [-0.15, -0.1) is 5.10 Å². The van der Waals surface area contributed by atoms with E-state index in [1.165, 1.54) is 4.68 Å². The molecule has 0 bridgehead atoms. The molecule has 0 saturated carbocycles. The summed E-state index contributed by atoms with van der Waals surface area (Å²) in [4.78, 5) is 11.7. The smallest absolute Gasteiger partial charge is 0.250 e. The molecule has 0 amide bonds. The van der Waals surface area contributed by atoms with Gasteiger partial charge >= 0.3 is 5.69 Å². The SMILES string of the molecule is CC.CCCCn1nc2ccccn2c1=O. The Morgan fingerprint density at radius 1 is 1.31 bits per heavy atom. The Balaban J connectivity index is 0.000000606. The number of fused-ring (bicyclic) bond motifs is 1. The molecule has 0 fully saturated rings. The summed E-state index contributed by atoms with van der Waals surface area (Å²) in [6.45, 7) is 6.80. The van der Waals surface area contributed by atoms with Gasteiger partial charge in [0.05, 0.1) is 0 Å². The molecular weight excluding hydrogens is 202 g/mol. The molecule has 2 aromatic heterocycles. The van der Waals surface area contributed by atoms with Crippen molar-refractivity contribution in [3.63, 3.8) is 0 Å². The number of pyridine rings is 1.